The quantitative estimate of drug-likeness (QED) is 0.805. The van der Waals surface area contributed by atoms with E-state index in [0.717, 1.165) is 44.9 Å². The number of thiophene rings is 1. The SMILES string of the molecule is c1csc(CCN2CCN(c3cccc4c3CCOO4)CC2)c1. The first-order chi connectivity index (χ1) is 11.4. The highest BCUT2D eigenvalue weighted by Crippen LogP contribution is 2.33. The van der Waals surface area contributed by atoms with Crippen molar-refractivity contribution < 1.29 is 9.78 Å². The summed E-state index contributed by atoms with van der Waals surface area (Å²) < 4.78 is 0. The molecule has 4 rings (SSSR count). The smallest absolute Gasteiger partial charge is 0.170 e. The van der Waals surface area contributed by atoms with Crippen LogP contribution in [0.3, 0.4) is 0 Å². The summed E-state index contributed by atoms with van der Waals surface area (Å²) in [5, 5.41) is 2.16. The van der Waals surface area contributed by atoms with Crippen molar-refractivity contribution in [1.29, 1.82) is 0 Å². The molecular weight excluding hydrogens is 308 g/mol. The van der Waals surface area contributed by atoms with E-state index in [4.69, 9.17) is 9.78 Å². The minimum absolute atomic E-state index is 0.644. The largest absolute Gasteiger partial charge is 0.369 e. The van der Waals surface area contributed by atoms with Crippen molar-refractivity contribution in [2.75, 3.05) is 44.2 Å². The Kier molecular flexibility index (Phi) is 4.50. The number of hydrogen-bond donors (Lipinski definition) is 0. The maximum Gasteiger partial charge on any atom is 0.170 e. The van der Waals surface area contributed by atoms with Gasteiger partial charge in [-0.3, -0.25) is 4.90 Å². The second-order valence-electron chi connectivity index (χ2n) is 6.07. The summed E-state index contributed by atoms with van der Waals surface area (Å²) in [6.45, 7) is 6.24. The van der Waals surface area contributed by atoms with E-state index >= 15 is 0 Å². The Morgan fingerprint density at radius 1 is 1.04 bits per heavy atom. The molecule has 0 N–H and O–H groups in total. The lowest BCUT2D eigenvalue weighted by atomic mass is 10.1. The summed E-state index contributed by atoms with van der Waals surface area (Å²) in [6, 6.07) is 10.7. The average Bonchev–Trinajstić information content (AvgIpc) is 3.14. The molecule has 3 heterocycles. The molecule has 0 unspecified atom stereocenters. The first-order valence-electron chi connectivity index (χ1n) is 8.31. The standard InChI is InChI=1S/C18H22N2O2S/c1-4-17(16-7-13-21-22-18(16)5-1)20-11-9-19(10-12-20)8-6-15-3-2-14-23-15/h1-5,14H,6-13H2. The van der Waals surface area contributed by atoms with Crippen LogP contribution >= 0.6 is 11.3 Å². The fourth-order valence-electron chi connectivity index (χ4n) is 3.36. The summed E-state index contributed by atoms with van der Waals surface area (Å²) in [4.78, 5) is 17.0. The highest BCUT2D eigenvalue weighted by Gasteiger charge is 2.22. The van der Waals surface area contributed by atoms with Crippen molar-refractivity contribution >= 4 is 17.0 Å². The monoisotopic (exact) mass is 330 g/mol. The van der Waals surface area contributed by atoms with Gasteiger partial charge >= 0.3 is 0 Å². The highest BCUT2D eigenvalue weighted by atomic mass is 32.1. The Labute approximate surface area is 141 Å². The summed E-state index contributed by atoms with van der Waals surface area (Å²) in [5.41, 5.74) is 2.62. The van der Waals surface area contributed by atoms with E-state index in [9.17, 15) is 0 Å². The molecule has 2 aliphatic rings. The van der Waals surface area contributed by atoms with Crippen LogP contribution in [0.4, 0.5) is 5.69 Å². The molecule has 0 aliphatic carbocycles. The first kappa shape index (κ1) is 15.0. The fourth-order valence-corrected chi connectivity index (χ4v) is 4.06. The Balaban J connectivity index is 1.36. The molecule has 0 radical (unpaired) electrons. The van der Waals surface area contributed by atoms with Gasteiger partial charge in [-0.15, -0.1) is 11.3 Å². The zero-order valence-corrected chi connectivity index (χ0v) is 14.1. The molecule has 23 heavy (non-hydrogen) atoms. The molecule has 2 aromatic rings. The molecule has 0 saturated carbocycles. The van der Waals surface area contributed by atoms with Crippen LogP contribution in [0.1, 0.15) is 10.4 Å². The van der Waals surface area contributed by atoms with Crippen molar-refractivity contribution in [2.45, 2.75) is 12.8 Å². The molecule has 1 aromatic carbocycles. The first-order valence-corrected chi connectivity index (χ1v) is 9.19. The molecule has 1 aromatic heterocycles. The van der Waals surface area contributed by atoms with Crippen molar-refractivity contribution in [3.05, 3.63) is 46.2 Å². The summed E-state index contributed by atoms with van der Waals surface area (Å²) in [6.07, 6.45) is 2.10. The molecule has 0 spiro atoms. The van der Waals surface area contributed by atoms with Gasteiger partial charge < -0.3 is 9.79 Å². The van der Waals surface area contributed by atoms with Gasteiger partial charge in [-0.25, -0.2) is 0 Å². The van der Waals surface area contributed by atoms with Gasteiger partial charge in [-0.1, -0.05) is 12.1 Å². The predicted octanol–water partition coefficient (Wildman–Crippen LogP) is 2.98. The van der Waals surface area contributed by atoms with Gasteiger partial charge in [-0.2, -0.15) is 4.89 Å². The molecule has 4 nitrogen and oxygen atoms in total. The van der Waals surface area contributed by atoms with Gasteiger partial charge in [0.25, 0.3) is 0 Å². The van der Waals surface area contributed by atoms with Crippen molar-refractivity contribution in [3.63, 3.8) is 0 Å². The highest BCUT2D eigenvalue weighted by molar-refractivity contribution is 7.09. The number of nitrogens with zero attached hydrogens (tertiary/aromatic N) is 2. The predicted molar refractivity (Wildman–Crippen MR) is 93.4 cm³/mol. The normalized spacial score (nSPS) is 18.5. The Morgan fingerprint density at radius 3 is 2.78 bits per heavy atom. The Bertz CT molecular complexity index is 636. The molecule has 1 fully saturated rings. The van der Waals surface area contributed by atoms with Crippen molar-refractivity contribution in [1.82, 2.24) is 4.90 Å². The third kappa shape index (κ3) is 3.37. The summed E-state index contributed by atoms with van der Waals surface area (Å²) in [7, 11) is 0. The van der Waals surface area contributed by atoms with Crippen molar-refractivity contribution in [2.24, 2.45) is 0 Å². The summed E-state index contributed by atoms with van der Waals surface area (Å²) in [5.74, 6) is 0.883. The number of hydrogen-bond acceptors (Lipinski definition) is 5. The Morgan fingerprint density at radius 2 is 1.96 bits per heavy atom. The van der Waals surface area contributed by atoms with Crippen LogP contribution in [0.5, 0.6) is 5.75 Å². The van der Waals surface area contributed by atoms with Crippen LogP contribution in [-0.4, -0.2) is 44.2 Å². The maximum absolute atomic E-state index is 5.32. The lowest BCUT2D eigenvalue weighted by Crippen LogP contribution is -2.47. The third-order valence-corrected chi connectivity index (χ3v) is 5.60. The van der Waals surface area contributed by atoms with Crippen LogP contribution < -0.4 is 9.79 Å². The second-order valence-corrected chi connectivity index (χ2v) is 7.10. The molecule has 122 valence electrons. The topological polar surface area (TPSA) is 24.9 Å². The number of anilines is 1. The van der Waals surface area contributed by atoms with Crippen LogP contribution in [-0.2, 0) is 17.7 Å². The van der Waals surface area contributed by atoms with Crippen LogP contribution in [0, 0.1) is 0 Å². The minimum atomic E-state index is 0.644. The molecule has 0 bridgehead atoms. The van der Waals surface area contributed by atoms with Crippen LogP contribution in [0.15, 0.2) is 35.7 Å². The molecule has 2 aliphatic heterocycles. The van der Waals surface area contributed by atoms with Crippen LogP contribution in [0.25, 0.3) is 0 Å². The van der Waals surface area contributed by atoms with E-state index in [1.165, 1.54) is 22.5 Å². The van der Waals surface area contributed by atoms with Crippen molar-refractivity contribution in [3.8, 4) is 5.75 Å². The van der Waals surface area contributed by atoms with E-state index in [-0.39, 0.29) is 0 Å². The van der Waals surface area contributed by atoms with E-state index in [1.54, 1.807) is 0 Å². The fraction of sp³-hybridized carbons (Fsp3) is 0.444. The third-order valence-electron chi connectivity index (χ3n) is 4.66. The molecular formula is C18H22N2O2S. The second kappa shape index (κ2) is 6.91. The minimum Gasteiger partial charge on any atom is -0.369 e. The zero-order valence-electron chi connectivity index (χ0n) is 13.2. The lowest BCUT2D eigenvalue weighted by Gasteiger charge is -2.37. The van der Waals surface area contributed by atoms with Gasteiger partial charge in [0.05, 0.1) is 6.61 Å². The number of benzene rings is 1. The van der Waals surface area contributed by atoms with Gasteiger partial charge in [0.1, 0.15) is 0 Å². The van der Waals surface area contributed by atoms with Gasteiger partial charge in [0, 0.05) is 55.3 Å². The van der Waals surface area contributed by atoms with Crippen LogP contribution in [0.2, 0.25) is 0 Å². The van der Waals surface area contributed by atoms with E-state index < -0.39 is 0 Å². The molecule has 0 atom stereocenters. The van der Waals surface area contributed by atoms with E-state index in [0.29, 0.717) is 6.61 Å². The Hall–Kier alpha value is -1.56. The molecule has 5 heteroatoms. The number of fused-ring (bicyclic) bond motifs is 1. The van der Waals surface area contributed by atoms with E-state index in [1.807, 2.05) is 17.4 Å². The van der Waals surface area contributed by atoms with E-state index in [2.05, 4.69) is 39.4 Å². The van der Waals surface area contributed by atoms with Gasteiger partial charge in [0.2, 0.25) is 0 Å². The zero-order chi connectivity index (χ0) is 15.5. The van der Waals surface area contributed by atoms with Gasteiger partial charge in [-0.05, 0) is 30.0 Å². The average molecular weight is 330 g/mol. The lowest BCUT2D eigenvalue weighted by molar-refractivity contribution is -0.215. The maximum atomic E-state index is 5.32. The number of rotatable bonds is 4. The summed E-state index contributed by atoms with van der Waals surface area (Å²) >= 11 is 1.86. The van der Waals surface area contributed by atoms with Gasteiger partial charge in [0.15, 0.2) is 5.75 Å². The molecule has 1 saturated heterocycles. The number of piperazine rings is 1. The molecule has 0 amide bonds.